The Bertz CT molecular complexity index is 422. The Morgan fingerprint density at radius 1 is 1.36 bits per heavy atom. The number of ether oxygens (including phenoxy) is 1. The highest BCUT2D eigenvalue weighted by atomic mass is 16.5. The summed E-state index contributed by atoms with van der Waals surface area (Å²) in [4.78, 5) is 8.18. The highest BCUT2D eigenvalue weighted by Crippen LogP contribution is 2.15. The molecule has 2 rings (SSSR count). The lowest BCUT2D eigenvalue weighted by Gasteiger charge is -1.97. The predicted octanol–water partition coefficient (Wildman–Crippen LogP) is 1.45. The fourth-order valence-corrected chi connectivity index (χ4v) is 1.04. The van der Waals surface area contributed by atoms with E-state index in [9.17, 15) is 0 Å². The van der Waals surface area contributed by atoms with E-state index in [-0.39, 0.29) is 0 Å². The monoisotopic (exact) mass is 191 g/mol. The van der Waals surface area contributed by atoms with E-state index in [1.165, 1.54) is 0 Å². The molecule has 0 aromatic carbocycles. The molecule has 0 saturated carbocycles. The molecule has 0 aliphatic carbocycles. The largest absolute Gasteiger partial charge is 0.495 e. The molecule has 0 unspecified atom stereocenters. The van der Waals surface area contributed by atoms with Crippen molar-refractivity contribution in [2.24, 2.45) is 0 Å². The first-order valence-electron chi connectivity index (χ1n) is 4.10. The Balaban J connectivity index is 2.33. The molecule has 0 N–H and O–H groups in total. The van der Waals surface area contributed by atoms with Crippen molar-refractivity contribution >= 4 is 0 Å². The molecule has 0 fully saturated rings. The molecule has 0 radical (unpaired) electrons. The number of methoxy groups -OCH3 is 1. The maximum Gasteiger partial charge on any atom is 0.223 e. The number of pyridine rings is 1. The Labute approximate surface area is 80.7 Å². The molecule has 5 heteroatoms. The second kappa shape index (κ2) is 3.45. The summed E-state index contributed by atoms with van der Waals surface area (Å²) in [6, 6.07) is 3.58. The van der Waals surface area contributed by atoms with E-state index in [1.54, 1.807) is 32.4 Å². The molecule has 0 amide bonds. The summed E-state index contributed by atoms with van der Waals surface area (Å²) < 4.78 is 9.83. The minimum absolute atomic E-state index is 0.491. The molecule has 2 aromatic heterocycles. The third-order valence-electron chi connectivity index (χ3n) is 1.73. The van der Waals surface area contributed by atoms with Crippen molar-refractivity contribution in [3.63, 3.8) is 0 Å². The van der Waals surface area contributed by atoms with Gasteiger partial charge in [-0.3, -0.25) is 0 Å². The van der Waals surface area contributed by atoms with Crippen LogP contribution < -0.4 is 4.74 Å². The second-order valence-electron chi connectivity index (χ2n) is 2.72. The maximum absolute atomic E-state index is 4.98. The lowest BCUT2D eigenvalue weighted by molar-refractivity contribution is 0.394. The highest BCUT2D eigenvalue weighted by molar-refractivity contribution is 5.48. The zero-order valence-electron chi connectivity index (χ0n) is 7.89. The van der Waals surface area contributed by atoms with Gasteiger partial charge in [0.15, 0.2) is 0 Å². The normalized spacial score (nSPS) is 10.1. The van der Waals surface area contributed by atoms with Gasteiger partial charge in [0.25, 0.3) is 0 Å². The van der Waals surface area contributed by atoms with Crippen LogP contribution >= 0.6 is 0 Å². The van der Waals surface area contributed by atoms with Crippen molar-refractivity contribution in [3.8, 4) is 17.3 Å². The van der Waals surface area contributed by atoms with Gasteiger partial charge >= 0.3 is 0 Å². The number of aromatic nitrogens is 3. The summed E-state index contributed by atoms with van der Waals surface area (Å²) >= 11 is 0. The van der Waals surface area contributed by atoms with Gasteiger partial charge in [-0.25, -0.2) is 4.98 Å². The molecule has 0 saturated heterocycles. The standard InChI is InChI=1S/C9H9N3O2/c1-6-11-9(12-14-6)8-4-3-7(13-2)5-10-8/h3-5H,1-2H3. The highest BCUT2D eigenvalue weighted by Gasteiger charge is 2.06. The summed E-state index contributed by atoms with van der Waals surface area (Å²) in [6.07, 6.45) is 1.61. The van der Waals surface area contributed by atoms with E-state index in [1.807, 2.05) is 0 Å². The van der Waals surface area contributed by atoms with Crippen LogP contribution in [0, 0.1) is 6.92 Å². The molecule has 2 heterocycles. The van der Waals surface area contributed by atoms with Crippen molar-refractivity contribution in [2.75, 3.05) is 7.11 Å². The molecule has 72 valence electrons. The van der Waals surface area contributed by atoms with Gasteiger partial charge in [-0.05, 0) is 12.1 Å². The number of hydrogen-bond acceptors (Lipinski definition) is 5. The molecule has 0 spiro atoms. The molecule has 5 nitrogen and oxygen atoms in total. The average molecular weight is 191 g/mol. The molecule has 0 bridgehead atoms. The Morgan fingerprint density at radius 2 is 2.21 bits per heavy atom. The van der Waals surface area contributed by atoms with E-state index in [2.05, 4.69) is 15.1 Å². The summed E-state index contributed by atoms with van der Waals surface area (Å²) in [5.74, 6) is 1.72. The number of hydrogen-bond donors (Lipinski definition) is 0. The first-order chi connectivity index (χ1) is 6.79. The van der Waals surface area contributed by atoms with E-state index in [0.29, 0.717) is 23.2 Å². The maximum atomic E-state index is 4.98. The molecule has 0 atom stereocenters. The smallest absolute Gasteiger partial charge is 0.223 e. The first kappa shape index (κ1) is 8.68. The Morgan fingerprint density at radius 3 is 2.71 bits per heavy atom. The van der Waals surface area contributed by atoms with Gasteiger partial charge in [0, 0.05) is 6.92 Å². The van der Waals surface area contributed by atoms with E-state index in [4.69, 9.17) is 9.26 Å². The SMILES string of the molecule is COc1ccc(-c2noc(C)n2)nc1. The average Bonchev–Trinajstić information content (AvgIpc) is 2.65. The Kier molecular flexibility index (Phi) is 2.14. The first-order valence-corrected chi connectivity index (χ1v) is 4.10. The lowest BCUT2D eigenvalue weighted by atomic mass is 10.3. The summed E-state index contributed by atoms with van der Waals surface area (Å²) in [7, 11) is 1.59. The summed E-state index contributed by atoms with van der Waals surface area (Å²) in [5.41, 5.74) is 0.669. The third kappa shape index (κ3) is 1.56. The van der Waals surface area contributed by atoms with Gasteiger partial charge in [0.1, 0.15) is 11.4 Å². The second-order valence-corrected chi connectivity index (χ2v) is 2.72. The van der Waals surface area contributed by atoms with Gasteiger partial charge in [0.2, 0.25) is 11.7 Å². The fourth-order valence-electron chi connectivity index (χ4n) is 1.04. The summed E-state index contributed by atoms with van der Waals surface area (Å²) in [6.45, 7) is 1.74. The molecular formula is C9H9N3O2. The molecule has 2 aromatic rings. The minimum Gasteiger partial charge on any atom is -0.495 e. The van der Waals surface area contributed by atoms with Crippen molar-refractivity contribution in [2.45, 2.75) is 6.92 Å². The van der Waals surface area contributed by atoms with Crippen LogP contribution in [-0.2, 0) is 0 Å². The molecule has 14 heavy (non-hydrogen) atoms. The van der Waals surface area contributed by atoms with Crippen molar-refractivity contribution in [1.82, 2.24) is 15.1 Å². The topological polar surface area (TPSA) is 61.0 Å². The number of nitrogens with zero attached hydrogens (tertiary/aromatic N) is 3. The fraction of sp³-hybridized carbons (Fsp3) is 0.222. The van der Waals surface area contributed by atoms with Crippen LogP contribution in [0.5, 0.6) is 5.75 Å². The zero-order chi connectivity index (χ0) is 9.97. The van der Waals surface area contributed by atoms with E-state index < -0.39 is 0 Å². The van der Waals surface area contributed by atoms with Gasteiger partial charge in [0.05, 0.1) is 13.3 Å². The zero-order valence-corrected chi connectivity index (χ0v) is 7.89. The van der Waals surface area contributed by atoms with Crippen LogP contribution in [0.1, 0.15) is 5.89 Å². The van der Waals surface area contributed by atoms with Gasteiger partial charge in [-0.15, -0.1) is 0 Å². The minimum atomic E-state index is 0.491. The molecular weight excluding hydrogens is 182 g/mol. The Hall–Kier alpha value is -1.91. The van der Waals surface area contributed by atoms with Crippen molar-refractivity contribution in [3.05, 3.63) is 24.2 Å². The lowest BCUT2D eigenvalue weighted by Crippen LogP contribution is -1.88. The van der Waals surface area contributed by atoms with Crippen LogP contribution in [0.4, 0.5) is 0 Å². The van der Waals surface area contributed by atoms with Crippen LogP contribution in [0.2, 0.25) is 0 Å². The quantitative estimate of drug-likeness (QED) is 0.718. The summed E-state index contributed by atoms with van der Waals surface area (Å²) in [5, 5.41) is 3.75. The number of aryl methyl sites for hydroxylation is 1. The number of rotatable bonds is 2. The van der Waals surface area contributed by atoms with Crippen molar-refractivity contribution < 1.29 is 9.26 Å². The molecule has 0 aliphatic rings. The van der Waals surface area contributed by atoms with E-state index in [0.717, 1.165) is 0 Å². The van der Waals surface area contributed by atoms with Crippen LogP contribution in [0.3, 0.4) is 0 Å². The van der Waals surface area contributed by atoms with Crippen LogP contribution in [0.25, 0.3) is 11.5 Å². The molecule has 0 aliphatic heterocycles. The van der Waals surface area contributed by atoms with Gasteiger partial charge in [-0.1, -0.05) is 5.16 Å². The van der Waals surface area contributed by atoms with Crippen LogP contribution in [-0.4, -0.2) is 22.2 Å². The van der Waals surface area contributed by atoms with Crippen LogP contribution in [0.15, 0.2) is 22.9 Å². The predicted molar refractivity (Wildman–Crippen MR) is 48.8 cm³/mol. The van der Waals surface area contributed by atoms with E-state index >= 15 is 0 Å². The van der Waals surface area contributed by atoms with Crippen molar-refractivity contribution in [1.29, 1.82) is 0 Å². The van der Waals surface area contributed by atoms with Gasteiger partial charge < -0.3 is 9.26 Å². The third-order valence-corrected chi connectivity index (χ3v) is 1.73. The van der Waals surface area contributed by atoms with Gasteiger partial charge in [-0.2, -0.15) is 4.98 Å².